The monoisotopic (exact) mass is 358 g/mol. The van der Waals surface area contributed by atoms with Crippen LogP contribution in [-0.4, -0.2) is 29.2 Å². The quantitative estimate of drug-likeness (QED) is 0.820. The molecule has 1 unspecified atom stereocenters. The molecule has 26 heavy (non-hydrogen) atoms. The second-order valence-electron chi connectivity index (χ2n) is 6.52. The van der Waals surface area contributed by atoms with E-state index < -0.39 is 12.0 Å². The molecule has 1 aliphatic rings. The molecule has 7 nitrogen and oxygen atoms in total. The Morgan fingerprint density at radius 3 is 2.50 bits per heavy atom. The maximum absolute atomic E-state index is 12.4. The predicted molar refractivity (Wildman–Crippen MR) is 94.0 cm³/mol. The number of nitrogens with zero attached hydrogens (tertiary/aromatic N) is 1. The number of nitrogens with one attached hydrogen (secondary N) is 1. The van der Waals surface area contributed by atoms with Gasteiger partial charge in [-0.15, -0.1) is 0 Å². The van der Waals surface area contributed by atoms with Gasteiger partial charge >= 0.3 is 5.97 Å². The molecule has 0 aliphatic heterocycles. The van der Waals surface area contributed by atoms with Crippen molar-refractivity contribution in [3.63, 3.8) is 0 Å². The number of hydrogen-bond donors (Lipinski definition) is 2. The summed E-state index contributed by atoms with van der Waals surface area (Å²) in [5, 5.41) is 16.3. The Balaban J connectivity index is 1.91. The number of aromatic nitrogens is 1. The number of carbonyl (C=O) groups is 2. The number of carboxylic acids is 1. The van der Waals surface area contributed by atoms with Crippen LogP contribution in [0.3, 0.4) is 0 Å². The number of carbonyl (C=O) groups excluding carboxylic acids is 1. The molecule has 1 aliphatic carbocycles. The fraction of sp³-hybridized carbons (Fsp3) is 0.421. The molecule has 0 bridgehead atoms. The molecule has 1 saturated carbocycles. The summed E-state index contributed by atoms with van der Waals surface area (Å²) in [6, 6.07) is 6.54. The first-order valence-corrected chi connectivity index (χ1v) is 8.69. The summed E-state index contributed by atoms with van der Waals surface area (Å²) >= 11 is 0. The average molecular weight is 358 g/mol. The van der Waals surface area contributed by atoms with Crippen LogP contribution in [0.1, 0.15) is 54.8 Å². The van der Waals surface area contributed by atoms with Gasteiger partial charge in [0.1, 0.15) is 11.4 Å². The molecule has 1 fully saturated rings. The largest absolute Gasteiger partial charge is 0.497 e. The van der Waals surface area contributed by atoms with Gasteiger partial charge in [-0.3, -0.25) is 4.79 Å². The van der Waals surface area contributed by atoms with E-state index in [0.717, 1.165) is 25.7 Å². The highest BCUT2D eigenvalue weighted by atomic mass is 16.5. The molecule has 7 heteroatoms. The molecule has 0 spiro atoms. The minimum absolute atomic E-state index is 0.00461. The fourth-order valence-electron chi connectivity index (χ4n) is 3.40. The van der Waals surface area contributed by atoms with Crippen LogP contribution in [0.15, 0.2) is 28.8 Å². The number of ether oxygens (including phenoxy) is 1. The van der Waals surface area contributed by atoms with E-state index in [1.807, 2.05) is 0 Å². The van der Waals surface area contributed by atoms with Crippen LogP contribution >= 0.6 is 0 Å². The number of rotatable bonds is 6. The third-order valence-electron chi connectivity index (χ3n) is 4.80. The Kier molecular flexibility index (Phi) is 5.25. The van der Waals surface area contributed by atoms with E-state index >= 15 is 0 Å². The highest BCUT2D eigenvalue weighted by molar-refractivity contribution is 5.89. The van der Waals surface area contributed by atoms with Gasteiger partial charge in [0, 0.05) is 11.5 Å². The van der Waals surface area contributed by atoms with Gasteiger partial charge in [-0.05, 0) is 44.0 Å². The van der Waals surface area contributed by atoms with Crippen LogP contribution in [0.4, 0.5) is 0 Å². The maximum atomic E-state index is 12.4. The molecule has 0 radical (unpaired) electrons. The maximum Gasteiger partial charge on any atom is 0.375 e. The van der Waals surface area contributed by atoms with Crippen molar-refractivity contribution >= 4 is 11.9 Å². The van der Waals surface area contributed by atoms with Gasteiger partial charge < -0.3 is 19.7 Å². The average Bonchev–Trinajstić information content (AvgIpc) is 3.31. The Labute approximate surface area is 151 Å². The highest BCUT2D eigenvalue weighted by Gasteiger charge is 2.30. The minimum atomic E-state index is -1.21. The predicted octanol–water partition coefficient (Wildman–Crippen LogP) is 3.42. The van der Waals surface area contributed by atoms with Crippen molar-refractivity contribution in [1.82, 2.24) is 10.5 Å². The first kappa shape index (κ1) is 18.0. The van der Waals surface area contributed by atoms with E-state index in [2.05, 4.69) is 10.5 Å². The molecule has 1 amide bonds. The number of amides is 1. The van der Waals surface area contributed by atoms with Gasteiger partial charge in [0.05, 0.1) is 18.7 Å². The standard InChI is InChI=1S/C19H22N2O5/c1-11(20-18(22)13-5-3-4-6-13)15-16(21-26-17(15)19(23)24)12-7-9-14(25-2)10-8-12/h7-11,13H,3-6H2,1-2H3,(H,20,22)(H,23,24). The molecule has 1 atom stereocenters. The fourth-order valence-corrected chi connectivity index (χ4v) is 3.40. The molecular weight excluding hydrogens is 336 g/mol. The van der Waals surface area contributed by atoms with Crippen molar-refractivity contribution in [3.8, 4) is 17.0 Å². The summed E-state index contributed by atoms with van der Waals surface area (Å²) in [7, 11) is 1.57. The van der Waals surface area contributed by atoms with E-state index in [1.165, 1.54) is 0 Å². The Bertz CT molecular complexity index is 791. The number of hydrogen-bond acceptors (Lipinski definition) is 5. The van der Waals surface area contributed by atoms with Gasteiger partial charge in [0.25, 0.3) is 0 Å². The molecule has 0 saturated heterocycles. The summed E-state index contributed by atoms with van der Waals surface area (Å²) in [5.74, 6) is -0.840. The third kappa shape index (κ3) is 3.56. The molecule has 1 aromatic carbocycles. The van der Waals surface area contributed by atoms with Gasteiger partial charge in [0.15, 0.2) is 0 Å². The second kappa shape index (κ2) is 7.59. The lowest BCUT2D eigenvalue weighted by Gasteiger charge is -2.17. The van der Waals surface area contributed by atoms with E-state index in [0.29, 0.717) is 22.6 Å². The van der Waals surface area contributed by atoms with E-state index in [-0.39, 0.29) is 17.6 Å². The Hall–Kier alpha value is -2.83. The summed E-state index contributed by atoms with van der Waals surface area (Å²) < 4.78 is 10.2. The molecule has 3 rings (SSSR count). The molecule has 2 N–H and O–H groups in total. The number of benzene rings is 1. The number of carboxylic acid groups (broad SMARTS) is 1. The molecule has 2 aromatic rings. The molecule has 138 valence electrons. The van der Waals surface area contributed by atoms with Gasteiger partial charge in [-0.25, -0.2) is 4.79 Å². The van der Waals surface area contributed by atoms with E-state index in [4.69, 9.17) is 9.26 Å². The van der Waals surface area contributed by atoms with E-state index in [9.17, 15) is 14.7 Å². The van der Waals surface area contributed by atoms with Crippen molar-refractivity contribution < 1.29 is 24.0 Å². The van der Waals surface area contributed by atoms with Crippen LogP contribution in [0.25, 0.3) is 11.3 Å². The normalized spacial score (nSPS) is 15.6. The third-order valence-corrected chi connectivity index (χ3v) is 4.80. The zero-order valence-corrected chi connectivity index (χ0v) is 14.8. The van der Waals surface area contributed by atoms with Crippen molar-refractivity contribution in [1.29, 1.82) is 0 Å². The lowest BCUT2D eigenvalue weighted by molar-refractivity contribution is -0.125. The minimum Gasteiger partial charge on any atom is -0.497 e. The second-order valence-corrected chi connectivity index (χ2v) is 6.52. The van der Waals surface area contributed by atoms with Gasteiger partial charge in [-0.2, -0.15) is 0 Å². The number of methoxy groups -OCH3 is 1. The SMILES string of the molecule is COc1ccc(-c2noc(C(=O)O)c2C(C)NC(=O)C2CCCC2)cc1. The molecular formula is C19H22N2O5. The Morgan fingerprint density at radius 1 is 1.27 bits per heavy atom. The zero-order valence-electron chi connectivity index (χ0n) is 14.8. The van der Waals surface area contributed by atoms with Gasteiger partial charge in [0.2, 0.25) is 11.7 Å². The van der Waals surface area contributed by atoms with Gasteiger partial charge in [-0.1, -0.05) is 18.0 Å². The first-order chi connectivity index (χ1) is 12.5. The summed E-state index contributed by atoms with van der Waals surface area (Å²) in [6.07, 6.45) is 3.85. The molecule has 1 heterocycles. The van der Waals surface area contributed by atoms with Crippen molar-refractivity contribution in [2.75, 3.05) is 7.11 Å². The summed E-state index contributed by atoms with van der Waals surface area (Å²) in [5.41, 5.74) is 1.47. The lowest BCUT2D eigenvalue weighted by Crippen LogP contribution is -2.32. The van der Waals surface area contributed by atoms with Crippen LogP contribution in [0, 0.1) is 5.92 Å². The Morgan fingerprint density at radius 2 is 1.92 bits per heavy atom. The smallest absolute Gasteiger partial charge is 0.375 e. The zero-order chi connectivity index (χ0) is 18.7. The highest BCUT2D eigenvalue weighted by Crippen LogP contribution is 2.32. The van der Waals surface area contributed by atoms with Crippen LogP contribution in [0.2, 0.25) is 0 Å². The van der Waals surface area contributed by atoms with Crippen molar-refractivity contribution in [2.24, 2.45) is 5.92 Å². The van der Waals surface area contributed by atoms with Crippen molar-refractivity contribution in [3.05, 3.63) is 35.6 Å². The van der Waals surface area contributed by atoms with Crippen LogP contribution in [0.5, 0.6) is 5.75 Å². The van der Waals surface area contributed by atoms with E-state index in [1.54, 1.807) is 38.3 Å². The summed E-state index contributed by atoms with van der Waals surface area (Å²) in [4.78, 5) is 24.0. The topological polar surface area (TPSA) is 102 Å². The lowest BCUT2D eigenvalue weighted by atomic mass is 9.99. The first-order valence-electron chi connectivity index (χ1n) is 8.69. The van der Waals surface area contributed by atoms with Crippen LogP contribution < -0.4 is 10.1 Å². The van der Waals surface area contributed by atoms with Crippen molar-refractivity contribution in [2.45, 2.75) is 38.6 Å². The van der Waals surface area contributed by atoms with Crippen LogP contribution in [-0.2, 0) is 4.79 Å². The summed E-state index contributed by atoms with van der Waals surface area (Å²) in [6.45, 7) is 1.75. The molecule has 1 aromatic heterocycles. The number of aromatic carboxylic acids is 1.